The number of benzene rings is 2. The van der Waals surface area contributed by atoms with Crippen molar-refractivity contribution >= 4 is 28.8 Å². The van der Waals surface area contributed by atoms with Gasteiger partial charge in [-0.1, -0.05) is 50.2 Å². The lowest BCUT2D eigenvalue weighted by atomic mass is 10.0. The van der Waals surface area contributed by atoms with E-state index in [1.807, 2.05) is 59.7 Å². The van der Waals surface area contributed by atoms with Gasteiger partial charge in [-0.2, -0.15) is 0 Å². The normalized spacial score (nSPS) is 16.8. The molecular formula is C25H26N2O3S. The van der Waals surface area contributed by atoms with Gasteiger partial charge in [0.2, 0.25) is 0 Å². The Hall–Kier alpha value is -3.12. The summed E-state index contributed by atoms with van der Waals surface area (Å²) >= 11 is 1.40. The minimum atomic E-state index is -0.523. The molecule has 0 bridgehead atoms. The number of amides is 2. The molecule has 4 rings (SSSR count). The summed E-state index contributed by atoms with van der Waals surface area (Å²) in [5.41, 5.74) is 2.69. The fourth-order valence-corrected chi connectivity index (χ4v) is 4.60. The molecule has 2 amide bonds. The van der Waals surface area contributed by atoms with Crippen LogP contribution in [0.2, 0.25) is 0 Å². The largest absolute Gasteiger partial charge is 0.480 e. The zero-order valence-electron chi connectivity index (χ0n) is 17.7. The van der Waals surface area contributed by atoms with E-state index in [1.165, 1.54) is 11.3 Å². The van der Waals surface area contributed by atoms with Gasteiger partial charge in [-0.15, -0.1) is 11.3 Å². The SMILES string of the molecule is CC[C@@H]1Oc2ccc(NC(=O)c3cccs3)cc2CN([C@H](CC)c2ccccc2)C1=O. The fourth-order valence-electron chi connectivity index (χ4n) is 3.98. The molecule has 0 aliphatic carbocycles. The number of nitrogens with zero attached hydrogens (tertiary/aromatic N) is 1. The van der Waals surface area contributed by atoms with Crippen LogP contribution in [0.1, 0.15) is 53.5 Å². The van der Waals surface area contributed by atoms with E-state index in [0.29, 0.717) is 29.3 Å². The highest BCUT2D eigenvalue weighted by Gasteiger charge is 2.34. The van der Waals surface area contributed by atoms with Crippen LogP contribution in [0.4, 0.5) is 5.69 Å². The second-order valence-corrected chi connectivity index (χ2v) is 8.52. The Morgan fingerprint density at radius 3 is 2.65 bits per heavy atom. The summed E-state index contributed by atoms with van der Waals surface area (Å²) < 4.78 is 6.11. The first kappa shape index (κ1) is 21.1. The average Bonchev–Trinajstić information content (AvgIpc) is 3.29. The van der Waals surface area contributed by atoms with Gasteiger partial charge in [0.25, 0.3) is 11.8 Å². The maximum Gasteiger partial charge on any atom is 0.265 e. The number of thiophene rings is 1. The van der Waals surface area contributed by atoms with Crippen LogP contribution in [-0.4, -0.2) is 22.8 Å². The molecule has 1 N–H and O–H groups in total. The van der Waals surface area contributed by atoms with Crippen LogP contribution in [0.25, 0.3) is 0 Å². The predicted octanol–water partition coefficient (Wildman–Crippen LogP) is 5.65. The van der Waals surface area contributed by atoms with Gasteiger partial charge in [0, 0.05) is 11.3 Å². The van der Waals surface area contributed by atoms with Crippen LogP contribution in [0.15, 0.2) is 66.0 Å². The Morgan fingerprint density at radius 1 is 1.16 bits per heavy atom. The molecule has 6 heteroatoms. The van der Waals surface area contributed by atoms with Crippen molar-refractivity contribution in [3.05, 3.63) is 82.0 Å². The minimum Gasteiger partial charge on any atom is -0.480 e. The number of hydrogen-bond donors (Lipinski definition) is 1. The van der Waals surface area contributed by atoms with Crippen molar-refractivity contribution in [1.82, 2.24) is 4.90 Å². The summed E-state index contributed by atoms with van der Waals surface area (Å²) in [5.74, 6) is 0.554. The standard InChI is InChI=1S/C25H26N2O3S/c1-3-20(17-9-6-5-7-10-17)27-16-18-15-19(26-24(28)23-11-8-14-31-23)12-13-22(18)30-21(4-2)25(27)29/h5-15,20-21H,3-4,16H2,1-2H3,(H,26,28)/t20-,21+/m1/s1. The molecule has 1 aromatic heterocycles. The van der Waals surface area contributed by atoms with E-state index in [-0.39, 0.29) is 17.9 Å². The highest BCUT2D eigenvalue weighted by molar-refractivity contribution is 7.12. The minimum absolute atomic E-state index is 0.00132. The van der Waals surface area contributed by atoms with E-state index in [1.54, 1.807) is 6.07 Å². The van der Waals surface area contributed by atoms with Crippen molar-refractivity contribution in [2.45, 2.75) is 45.4 Å². The van der Waals surface area contributed by atoms with Crippen molar-refractivity contribution in [2.75, 3.05) is 5.32 Å². The van der Waals surface area contributed by atoms with E-state index in [0.717, 1.165) is 17.5 Å². The lowest BCUT2D eigenvalue weighted by molar-refractivity contribution is -0.141. The van der Waals surface area contributed by atoms with Crippen LogP contribution in [0, 0.1) is 0 Å². The van der Waals surface area contributed by atoms with Crippen LogP contribution in [-0.2, 0) is 11.3 Å². The van der Waals surface area contributed by atoms with Crippen molar-refractivity contribution in [2.24, 2.45) is 0 Å². The number of carbonyl (C=O) groups excluding carboxylic acids is 2. The molecule has 0 fully saturated rings. The van der Waals surface area contributed by atoms with Crippen LogP contribution in [0.5, 0.6) is 5.75 Å². The maximum atomic E-state index is 13.4. The molecule has 1 aliphatic rings. The third kappa shape index (κ3) is 4.49. The second-order valence-electron chi connectivity index (χ2n) is 7.57. The van der Waals surface area contributed by atoms with Gasteiger partial charge in [-0.05, 0) is 48.1 Å². The van der Waals surface area contributed by atoms with Gasteiger partial charge in [0.05, 0.1) is 17.5 Å². The number of rotatable bonds is 6. The Bertz CT molecular complexity index is 1050. The third-order valence-corrected chi connectivity index (χ3v) is 6.42. The predicted molar refractivity (Wildman–Crippen MR) is 123 cm³/mol. The van der Waals surface area contributed by atoms with E-state index in [4.69, 9.17) is 4.74 Å². The van der Waals surface area contributed by atoms with Gasteiger partial charge >= 0.3 is 0 Å². The van der Waals surface area contributed by atoms with Gasteiger partial charge in [-0.25, -0.2) is 0 Å². The number of carbonyl (C=O) groups is 2. The second kappa shape index (κ2) is 9.35. The maximum absolute atomic E-state index is 13.4. The molecule has 0 saturated carbocycles. The lowest BCUT2D eigenvalue weighted by Crippen LogP contribution is -2.41. The molecule has 1 aliphatic heterocycles. The molecule has 2 aromatic carbocycles. The van der Waals surface area contributed by atoms with Crippen LogP contribution < -0.4 is 10.1 Å². The number of hydrogen-bond acceptors (Lipinski definition) is 4. The average molecular weight is 435 g/mol. The molecule has 2 heterocycles. The molecule has 0 unspecified atom stereocenters. The lowest BCUT2D eigenvalue weighted by Gasteiger charge is -2.32. The zero-order chi connectivity index (χ0) is 21.8. The fraction of sp³-hybridized carbons (Fsp3) is 0.280. The Kier molecular flexibility index (Phi) is 6.37. The van der Waals surface area contributed by atoms with Crippen LogP contribution in [0.3, 0.4) is 0 Å². The first-order valence-corrected chi connectivity index (χ1v) is 11.5. The molecule has 31 heavy (non-hydrogen) atoms. The Labute approximate surface area is 186 Å². The topological polar surface area (TPSA) is 58.6 Å². The highest BCUT2D eigenvalue weighted by atomic mass is 32.1. The first-order chi connectivity index (χ1) is 15.1. The summed E-state index contributed by atoms with van der Waals surface area (Å²) in [4.78, 5) is 28.4. The summed E-state index contributed by atoms with van der Waals surface area (Å²) in [6, 6.07) is 19.3. The number of ether oxygens (including phenoxy) is 1. The summed E-state index contributed by atoms with van der Waals surface area (Å²) in [6.45, 7) is 4.49. The summed E-state index contributed by atoms with van der Waals surface area (Å²) in [6.07, 6.45) is 0.873. The Balaban J connectivity index is 1.66. The number of nitrogens with one attached hydrogen (secondary N) is 1. The quantitative estimate of drug-likeness (QED) is 0.545. The van der Waals surface area contributed by atoms with Gasteiger partial charge < -0.3 is 15.0 Å². The van der Waals surface area contributed by atoms with Crippen molar-refractivity contribution in [1.29, 1.82) is 0 Å². The van der Waals surface area contributed by atoms with Gasteiger partial charge in [0.15, 0.2) is 6.10 Å². The molecular weight excluding hydrogens is 408 g/mol. The van der Waals surface area contributed by atoms with Crippen molar-refractivity contribution < 1.29 is 14.3 Å². The van der Waals surface area contributed by atoms with E-state index in [9.17, 15) is 9.59 Å². The van der Waals surface area contributed by atoms with E-state index in [2.05, 4.69) is 24.4 Å². The molecule has 0 radical (unpaired) electrons. The third-order valence-electron chi connectivity index (χ3n) is 5.55. The van der Waals surface area contributed by atoms with E-state index < -0.39 is 6.10 Å². The molecule has 0 saturated heterocycles. The first-order valence-electron chi connectivity index (χ1n) is 10.6. The monoisotopic (exact) mass is 434 g/mol. The molecule has 2 atom stereocenters. The molecule has 3 aromatic rings. The van der Waals surface area contributed by atoms with Crippen LogP contribution >= 0.6 is 11.3 Å². The smallest absolute Gasteiger partial charge is 0.265 e. The summed E-state index contributed by atoms with van der Waals surface area (Å²) in [7, 11) is 0. The number of anilines is 1. The van der Waals surface area contributed by atoms with Gasteiger partial charge in [-0.3, -0.25) is 9.59 Å². The number of fused-ring (bicyclic) bond motifs is 1. The molecule has 0 spiro atoms. The zero-order valence-corrected chi connectivity index (χ0v) is 18.5. The van der Waals surface area contributed by atoms with E-state index >= 15 is 0 Å². The summed E-state index contributed by atoms with van der Waals surface area (Å²) in [5, 5.41) is 4.83. The Morgan fingerprint density at radius 2 is 1.97 bits per heavy atom. The highest BCUT2D eigenvalue weighted by Crippen LogP contribution is 2.35. The van der Waals surface area contributed by atoms with Gasteiger partial charge in [0.1, 0.15) is 5.75 Å². The van der Waals surface area contributed by atoms with Crippen molar-refractivity contribution in [3.8, 4) is 5.75 Å². The molecule has 160 valence electrons. The van der Waals surface area contributed by atoms with Crippen molar-refractivity contribution in [3.63, 3.8) is 0 Å². The molecule has 5 nitrogen and oxygen atoms in total.